The fourth-order valence-corrected chi connectivity index (χ4v) is 2.69. The summed E-state index contributed by atoms with van der Waals surface area (Å²) >= 11 is 0. The van der Waals surface area contributed by atoms with Gasteiger partial charge in [-0.2, -0.15) is 0 Å². The number of rotatable bonds is 6. The summed E-state index contributed by atoms with van der Waals surface area (Å²) in [6.45, 7) is 3.43. The van der Waals surface area contributed by atoms with E-state index in [0.29, 0.717) is 0 Å². The van der Waals surface area contributed by atoms with Crippen LogP contribution >= 0.6 is 0 Å². The molecule has 2 nitrogen and oxygen atoms in total. The van der Waals surface area contributed by atoms with Crippen molar-refractivity contribution in [1.29, 1.82) is 0 Å². The second-order valence-corrected chi connectivity index (χ2v) is 6.20. The lowest BCUT2D eigenvalue weighted by Crippen LogP contribution is -2.28. The Morgan fingerprint density at radius 3 is 2.30 bits per heavy atom. The van der Waals surface area contributed by atoms with E-state index in [1.54, 1.807) is 0 Å². The SMILES string of the molecule is OCC#Cc1ccccc1CN(CC1CC1)CC1CC1. The van der Waals surface area contributed by atoms with Crippen molar-refractivity contribution in [3.8, 4) is 11.8 Å². The van der Waals surface area contributed by atoms with E-state index in [9.17, 15) is 0 Å². The van der Waals surface area contributed by atoms with E-state index in [2.05, 4.69) is 34.9 Å². The third-order valence-corrected chi connectivity index (χ3v) is 4.14. The molecule has 1 N–H and O–H groups in total. The molecule has 0 bridgehead atoms. The molecule has 2 aliphatic carbocycles. The van der Waals surface area contributed by atoms with Crippen molar-refractivity contribution in [3.63, 3.8) is 0 Å². The van der Waals surface area contributed by atoms with Gasteiger partial charge in [0.05, 0.1) is 0 Å². The molecule has 0 unspecified atom stereocenters. The fourth-order valence-electron chi connectivity index (χ4n) is 2.69. The monoisotopic (exact) mass is 269 g/mol. The summed E-state index contributed by atoms with van der Waals surface area (Å²) in [6.07, 6.45) is 5.64. The number of hydrogen-bond acceptors (Lipinski definition) is 2. The van der Waals surface area contributed by atoms with Crippen molar-refractivity contribution < 1.29 is 5.11 Å². The van der Waals surface area contributed by atoms with Gasteiger partial charge in [-0.25, -0.2) is 0 Å². The van der Waals surface area contributed by atoms with E-state index in [0.717, 1.165) is 23.9 Å². The zero-order valence-electron chi connectivity index (χ0n) is 12.0. The molecule has 0 atom stereocenters. The van der Waals surface area contributed by atoms with Gasteiger partial charge in [-0.05, 0) is 49.1 Å². The van der Waals surface area contributed by atoms with E-state index in [-0.39, 0.29) is 6.61 Å². The molecule has 0 aromatic heterocycles. The molecule has 0 saturated heterocycles. The molecule has 1 aromatic carbocycles. The van der Waals surface area contributed by atoms with Crippen LogP contribution in [0.5, 0.6) is 0 Å². The third-order valence-electron chi connectivity index (χ3n) is 4.14. The van der Waals surface area contributed by atoms with Crippen LogP contribution in [0.1, 0.15) is 36.8 Å². The first-order valence-corrected chi connectivity index (χ1v) is 7.75. The highest BCUT2D eigenvalue weighted by atomic mass is 16.2. The molecule has 0 heterocycles. The summed E-state index contributed by atoms with van der Waals surface area (Å²) in [4.78, 5) is 2.62. The Kier molecular flexibility index (Phi) is 4.40. The van der Waals surface area contributed by atoms with Crippen LogP contribution in [0, 0.1) is 23.7 Å². The molecular formula is C18H23NO. The van der Waals surface area contributed by atoms with Crippen LogP contribution in [0.15, 0.2) is 24.3 Å². The minimum Gasteiger partial charge on any atom is -0.384 e. The Bertz CT molecular complexity index is 492. The van der Waals surface area contributed by atoms with Crippen LogP contribution in [0.4, 0.5) is 0 Å². The first kappa shape index (κ1) is 13.7. The lowest BCUT2D eigenvalue weighted by Gasteiger charge is -2.22. The summed E-state index contributed by atoms with van der Waals surface area (Å²) in [6, 6.07) is 8.35. The Morgan fingerprint density at radius 2 is 1.70 bits per heavy atom. The molecule has 0 radical (unpaired) electrons. The number of aliphatic hydroxyl groups is 1. The summed E-state index contributed by atoms with van der Waals surface area (Å²) in [5.41, 5.74) is 2.37. The highest BCUT2D eigenvalue weighted by molar-refractivity contribution is 5.41. The normalized spacial score (nSPS) is 17.9. The predicted molar refractivity (Wildman–Crippen MR) is 81.1 cm³/mol. The van der Waals surface area contributed by atoms with Gasteiger partial charge in [0.15, 0.2) is 0 Å². The average molecular weight is 269 g/mol. The van der Waals surface area contributed by atoms with Gasteiger partial charge in [0.1, 0.15) is 6.61 Å². The molecule has 3 rings (SSSR count). The van der Waals surface area contributed by atoms with Gasteiger partial charge in [0.25, 0.3) is 0 Å². The predicted octanol–water partition coefficient (Wildman–Crippen LogP) is 2.65. The molecule has 2 saturated carbocycles. The van der Waals surface area contributed by atoms with E-state index in [4.69, 9.17) is 5.11 Å². The lowest BCUT2D eigenvalue weighted by atomic mass is 10.1. The van der Waals surface area contributed by atoms with Gasteiger partial charge in [0.2, 0.25) is 0 Å². The quantitative estimate of drug-likeness (QED) is 0.803. The standard InChI is InChI=1S/C18H23NO/c20-11-3-6-17-4-1-2-5-18(17)14-19(12-15-7-8-15)13-16-9-10-16/h1-2,4-5,15-16,20H,7-14H2. The largest absolute Gasteiger partial charge is 0.384 e. The molecular weight excluding hydrogens is 246 g/mol. The number of benzene rings is 1. The van der Waals surface area contributed by atoms with Crippen LogP contribution in [0.2, 0.25) is 0 Å². The third kappa shape index (κ3) is 4.10. The topological polar surface area (TPSA) is 23.5 Å². The van der Waals surface area contributed by atoms with Gasteiger partial charge < -0.3 is 5.11 Å². The molecule has 0 spiro atoms. The Labute approximate surface area is 121 Å². The van der Waals surface area contributed by atoms with Crippen molar-refractivity contribution in [1.82, 2.24) is 4.90 Å². The molecule has 106 valence electrons. The van der Waals surface area contributed by atoms with Crippen LogP contribution in [0.25, 0.3) is 0 Å². The molecule has 0 aliphatic heterocycles. The smallest absolute Gasteiger partial charge is 0.104 e. The van der Waals surface area contributed by atoms with Crippen LogP contribution in [-0.4, -0.2) is 29.7 Å². The summed E-state index contributed by atoms with van der Waals surface area (Å²) in [5.74, 6) is 7.72. The number of aliphatic hydroxyl groups excluding tert-OH is 1. The maximum atomic E-state index is 8.87. The van der Waals surface area contributed by atoms with Gasteiger partial charge >= 0.3 is 0 Å². The zero-order chi connectivity index (χ0) is 13.8. The van der Waals surface area contributed by atoms with Crippen molar-refractivity contribution >= 4 is 0 Å². The highest BCUT2D eigenvalue weighted by Gasteiger charge is 2.29. The highest BCUT2D eigenvalue weighted by Crippen LogP contribution is 2.34. The van der Waals surface area contributed by atoms with Crippen molar-refractivity contribution in [2.45, 2.75) is 32.2 Å². The van der Waals surface area contributed by atoms with Gasteiger partial charge in [-0.1, -0.05) is 30.0 Å². The minimum absolute atomic E-state index is 0.0673. The summed E-state index contributed by atoms with van der Waals surface area (Å²) in [7, 11) is 0. The minimum atomic E-state index is -0.0673. The van der Waals surface area contributed by atoms with Crippen LogP contribution < -0.4 is 0 Å². The van der Waals surface area contributed by atoms with E-state index < -0.39 is 0 Å². The van der Waals surface area contributed by atoms with Gasteiger partial charge in [-0.3, -0.25) is 4.90 Å². The second kappa shape index (κ2) is 6.43. The Balaban J connectivity index is 1.69. The van der Waals surface area contributed by atoms with Crippen LogP contribution in [-0.2, 0) is 6.54 Å². The van der Waals surface area contributed by atoms with Gasteiger partial charge in [0, 0.05) is 25.2 Å². The Morgan fingerprint density at radius 1 is 1.05 bits per heavy atom. The molecule has 2 aliphatic rings. The second-order valence-electron chi connectivity index (χ2n) is 6.20. The number of nitrogens with zero attached hydrogens (tertiary/aromatic N) is 1. The van der Waals surface area contributed by atoms with Crippen LogP contribution in [0.3, 0.4) is 0 Å². The summed E-state index contributed by atoms with van der Waals surface area (Å²) in [5, 5.41) is 8.87. The van der Waals surface area contributed by atoms with E-state index in [1.807, 2.05) is 6.07 Å². The zero-order valence-corrected chi connectivity index (χ0v) is 12.0. The number of hydrogen-bond donors (Lipinski definition) is 1. The fraction of sp³-hybridized carbons (Fsp3) is 0.556. The van der Waals surface area contributed by atoms with Crippen molar-refractivity contribution in [2.24, 2.45) is 11.8 Å². The van der Waals surface area contributed by atoms with Crippen molar-refractivity contribution in [3.05, 3.63) is 35.4 Å². The van der Waals surface area contributed by atoms with E-state index >= 15 is 0 Å². The maximum absolute atomic E-state index is 8.87. The average Bonchev–Trinajstić information content (AvgIpc) is 3.34. The first-order valence-electron chi connectivity index (χ1n) is 7.75. The first-order chi connectivity index (χ1) is 9.85. The van der Waals surface area contributed by atoms with E-state index in [1.165, 1.54) is 44.3 Å². The molecule has 2 heteroatoms. The molecule has 0 amide bonds. The molecule has 1 aromatic rings. The van der Waals surface area contributed by atoms with Gasteiger partial charge in [-0.15, -0.1) is 0 Å². The molecule has 20 heavy (non-hydrogen) atoms. The maximum Gasteiger partial charge on any atom is 0.104 e. The Hall–Kier alpha value is -1.30. The summed E-state index contributed by atoms with van der Waals surface area (Å²) < 4.78 is 0. The lowest BCUT2D eigenvalue weighted by molar-refractivity contribution is 0.244. The van der Waals surface area contributed by atoms with Crippen molar-refractivity contribution in [2.75, 3.05) is 19.7 Å². The molecule has 2 fully saturated rings.